The highest BCUT2D eigenvalue weighted by atomic mass is 19.2. The summed E-state index contributed by atoms with van der Waals surface area (Å²) in [6.07, 6.45) is 1.25. The molecule has 16 heavy (non-hydrogen) atoms. The Morgan fingerprint density at radius 3 is 2.44 bits per heavy atom. The van der Waals surface area contributed by atoms with E-state index in [2.05, 4.69) is 0 Å². The van der Waals surface area contributed by atoms with Crippen molar-refractivity contribution in [2.45, 2.75) is 31.5 Å². The second-order valence-electron chi connectivity index (χ2n) is 3.34. The van der Waals surface area contributed by atoms with Gasteiger partial charge in [-0.15, -0.1) is 0 Å². The van der Waals surface area contributed by atoms with E-state index in [9.17, 15) is 24.6 Å². The van der Waals surface area contributed by atoms with Crippen molar-refractivity contribution < 1.29 is 23.7 Å². The first-order valence-electron chi connectivity index (χ1n) is 4.68. The first-order valence-corrected chi connectivity index (χ1v) is 4.68. The normalized spacial score (nSPS) is 21.7. The SMILES string of the molecule is O=[N+]([O-])C(F)(COC1CCCCO1)[N+](=O)[O-]. The van der Waals surface area contributed by atoms with Crippen LogP contribution >= 0.6 is 0 Å². The van der Waals surface area contributed by atoms with Crippen LogP contribution in [0.5, 0.6) is 0 Å². The number of alkyl halides is 1. The van der Waals surface area contributed by atoms with Gasteiger partial charge in [0.25, 0.3) is 0 Å². The minimum atomic E-state index is -3.80. The van der Waals surface area contributed by atoms with Crippen LogP contribution in [-0.2, 0) is 9.47 Å². The number of rotatable bonds is 5. The predicted molar refractivity (Wildman–Crippen MR) is 47.4 cm³/mol. The number of hydrogen-bond donors (Lipinski definition) is 0. The molecule has 0 radical (unpaired) electrons. The summed E-state index contributed by atoms with van der Waals surface area (Å²) in [7, 11) is 0. The summed E-state index contributed by atoms with van der Waals surface area (Å²) in [6.45, 7) is -0.849. The summed E-state index contributed by atoms with van der Waals surface area (Å²) >= 11 is 0. The molecular weight excluding hydrogens is 227 g/mol. The molecule has 0 aromatic carbocycles. The monoisotopic (exact) mass is 238 g/mol. The Bertz CT molecular complexity index is 266. The molecule has 0 spiro atoms. The molecule has 1 rings (SSSR count). The Morgan fingerprint density at radius 2 is 2.00 bits per heavy atom. The zero-order valence-corrected chi connectivity index (χ0v) is 8.33. The topological polar surface area (TPSA) is 105 Å². The van der Waals surface area contributed by atoms with Crippen molar-refractivity contribution in [3.8, 4) is 0 Å². The second-order valence-corrected chi connectivity index (χ2v) is 3.34. The van der Waals surface area contributed by atoms with Crippen LogP contribution in [0.4, 0.5) is 4.39 Å². The highest BCUT2D eigenvalue weighted by Gasteiger charge is 2.59. The third kappa shape index (κ3) is 2.83. The van der Waals surface area contributed by atoms with Gasteiger partial charge in [-0.05, 0) is 19.3 Å². The smallest absolute Gasteiger partial charge is 0.353 e. The van der Waals surface area contributed by atoms with Crippen LogP contribution in [0.3, 0.4) is 0 Å². The molecule has 1 heterocycles. The van der Waals surface area contributed by atoms with Gasteiger partial charge in [0.15, 0.2) is 6.29 Å². The number of nitro groups is 2. The standard InChI is InChI=1S/C7H11FN2O6/c8-7(9(11)12,10(13)14)5-16-6-3-1-2-4-15-6/h6H,1-5H2. The Balaban J connectivity index is 2.49. The van der Waals surface area contributed by atoms with Crippen molar-refractivity contribution in [1.82, 2.24) is 0 Å². The van der Waals surface area contributed by atoms with Crippen LogP contribution < -0.4 is 0 Å². The van der Waals surface area contributed by atoms with E-state index >= 15 is 0 Å². The van der Waals surface area contributed by atoms with Crippen molar-refractivity contribution >= 4 is 0 Å². The predicted octanol–water partition coefficient (Wildman–Crippen LogP) is 0.706. The van der Waals surface area contributed by atoms with Crippen molar-refractivity contribution in [2.24, 2.45) is 0 Å². The van der Waals surface area contributed by atoms with E-state index in [1.807, 2.05) is 0 Å². The van der Waals surface area contributed by atoms with Crippen LogP contribution in [0.25, 0.3) is 0 Å². The molecule has 0 saturated carbocycles. The average Bonchev–Trinajstić information content (AvgIpc) is 2.26. The lowest BCUT2D eigenvalue weighted by atomic mass is 10.2. The summed E-state index contributed by atoms with van der Waals surface area (Å²) in [5.41, 5.74) is 0. The number of halogens is 1. The van der Waals surface area contributed by atoms with Gasteiger partial charge >= 0.3 is 5.92 Å². The molecule has 0 aliphatic carbocycles. The van der Waals surface area contributed by atoms with E-state index < -0.39 is 28.7 Å². The maximum atomic E-state index is 13.2. The maximum absolute atomic E-state index is 13.2. The van der Waals surface area contributed by atoms with Gasteiger partial charge in [-0.3, -0.25) is 20.2 Å². The van der Waals surface area contributed by atoms with Gasteiger partial charge in [-0.1, -0.05) is 4.39 Å². The molecule has 1 aliphatic heterocycles. The fraction of sp³-hybridized carbons (Fsp3) is 1.00. The minimum Gasteiger partial charge on any atom is -0.353 e. The lowest BCUT2D eigenvalue weighted by Crippen LogP contribution is -2.47. The van der Waals surface area contributed by atoms with Crippen molar-refractivity contribution in [3.63, 3.8) is 0 Å². The highest BCUT2D eigenvalue weighted by Crippen LogP contribution is 2.19. The van der Waals surface area contributed by atoms with Gasteiger partial charge in [-0.2, -0.15) is 0 Å². The summed E-state index contributed by atoms with van der Waals surface area (Å²) in [4.78, 5) is 17.2. The first-order chi connectivity index (χ1) is 7.47. The number of hydrogen-bond acceptors (Lipinski definition) is 6. The van der Waals surface area contributed by atoms with E-state index in [0.717, 1.165) is 12.8 Å². The molecular formula is C7H11FN2O6. The van der Waals surface area contributed by atoms with Gasteiger partial charge in [-0.25, -0.2) is 0 Å². The molecule has 9 heteroatoms. The third-order valence-electron chi connectivity index (χ3n) is 2.15. The van der Waals surface area contributed by atoms with Gasteiger partial charge < -0.3 is 9.47 Å². The quantitative estimate of drug-likeness (QED) is 0.302. The molecule has 1 fully saturated rings. The molecule has 1 atom stereocenters. The molecule has 0 bridgehead atoms. The molecule has 1 aliphatic rings. The van der Waals surface area contributed by atoms with E-state index in [4.69, 9.17) is 9.47 Å². The maximum Gasteiger partial charge on any atom is 0.637 e. The summed E-state index contributed by atoms with van der Waals surface area (Å²) in [5.74, 6) is -3.80. The van der Waals surface area contributed by atoms with E-state index in [1.54, 1.807) is 0 Å². The number of ether oxygens (including phenoxy) is 2. The van der Waals surface area contributed by atoms with Gasteiger partial charge in [0.05, 0.1) is 0 Å². The van der Waals surface area contributed by atoms with Crippen molar-refractivity contribution in [1.29, 1.82) is 0 Å². The first kappa shape index (κ1) is 12.7. The lowest BCUT2D eigenvalue weighted by Gasteiger charge is -2.22. The highest BCUT2D eigenvalue weighted by molar-refractivity contribution is 4.57. The second kappa shape index (κ2) is 5.12. The van der Waals surface area contributed by atoms with E-state index in [0.29, 0.717) is 13.0 Å². The molecule has 0 amide bonds. The van der Waals surface area contributed by atoms with E-state index in [1.165, 1.54) is 0 Å². The largest absolute Gasteiger partial charge is 0.637 e. The summed E-state index contributed by atoms with van der Waals surface area (Å²) < 4.78 is 22.9. The number of nitrogens with zero attached hydrogens (tertiary/aromatic N) is 2. The van der Waals surface area contributed by atoms with Crippen LogP contribution in [-0.4, -0.2) is 35.3 Å². The Hall–Kier alpha value is -1.35. The molecule has 8 nitrogen and oxygen atoms in total. The van der Waals surface area contributed by atoms with Gasteiger partial charge in [0.2, 0.25) is 6.61 Å². The molecule has 1 unspecified atom stereocenters. The van der Waals surface area contributed by atoms with E-state index in [-0.39, 0.29) is 0 Å². The van der Waals surface area contributed by atoms with Gasteiger partial charge in [0, 0.05) is 6.61 Å². The minimum absolute atomic E-state index is 0.404. The zero-order valence-electron chi connectivity index (χ0n) is 8.33. The van der Waals surface area contributed by atoms with Crippen molar-refractivity contribution in [2.75, 3.05) is 13.2 Å². The van der Waals surface area contributed by atoms with Crippen LogP contribution in [0.15, 0.2) is 0 Å². The van der Waals surface area contributed by atoms with Crippen molar-refractivity contribution in [3.05, 3.63) is 20.2 Å². The molecule has 1 saturated heterocycles. The lowest BCUT2D eigenvalue weighted by molar-refractivity contribution is -0.833. The zero-order chi connectivity index (χ0) is 12.2. The fourth-order valence-corrected chi connectivity index (χ4v) is 1.21. The third-order valence-corrected chi connectivity index (χ3v) is 2.15. The van der Waals surface area contributed by atoms with Gasteiger partial charge in [0.1, 0.15) is 9.85 Å². The fourth-order valence-electron chi connectivity index (χ4n) is 1.21. The van der Waals surface area contributed by atoms with Crippen LogP contribution in [0.2, 0.25) is 0 Å². The van der Waals surface area contributed by atoms with Crippen LogP contribution in [0.1, 0.15) is 19.3 Å². The molecule has 0 aromatic heterocycles. The Labute approximate surface area is 89.6 Å². The van der Waals surface area contributed by atoms with Crippen LogP contribution in [0, 0.1) is 20.2 Å². The Morgan fingerprint density at radius 1 is 1.38 bits per heavy atom. The molecule has 92 valence electrons. The summed E-state index contributed by atoms with van der Waals surface area (Å²) in [5, 5.41) is 20.4. The summed E-state index contributed by atoms with van der Waals surface area (Å²) in [6, 6.07) is 0. The Kier molecular flexibility index (Phi) is 4.07. The molecule has 0 N–H and O–H groups in total. The average molecular weight is 238 g/mol. The molecule has 0 aromatic rings.